The number of oxime groups is 1. The summed E-state index contributed by atoms with van der Waals surface area (Å²) < 4.78 is 1.24. The van der Waals surface area contributed by atoms with Crippen molar-refractivity contribution in [2.45, 2.75) is 35.4 Å². The molecule has 5 aliphatic heterocycles. The van der Waals surface area contributed by atoms with Crippen LogP contribution in [0.2, 0.25) is 0 Å². The third-order valence-electron chi connectivity index (χ3n) is 7.77. The Morgan fingerprint density at radius 2 is 2.08 bits per heavy atom. The van der Waals surface area contributed by atoms with Crippen LogP contribution in [0, 0.1) is 0 Å². The van der Waals surface area contributed by atoms with E-state index in [1.54, 1.807) is 5.38 Å². The van der Waals surface area contributed by atoms with Crippen LogP contribution >= 0.6 is 34.9 Å². The molecule has 0 radical (unpaired) electrons. The number of amides is 2. The topological polar surface area (TPSA) is 150 Å². The molecule has 0 aliphatic carbocycles. The lowest BCUT2D eigenvalue weighted by atomic mass is 9.84. The third kappa shape index (κ3) is 4.27. The fraction of sp³-hybridized carbons (Fsp3) is 0.591. The normalized spacial score (nSPS) is 31.7. The van der Waals surface area contributed by atoms with Gasteiger partial charge in [-0.25, -0.2) is 4.98 Å². The number of thioether (sulfide) groups is 2. The zero-order chi connectivity index (χ0) is 25.7. The van der Waals surface area contributed by atoms with Crippen molar-refractivity contribution in [1.29, 1.82) is 0 Å². The fourth-order valence-corrected chi connectivity index (χ4v) is 8.45. The van der Waals surface area contributed by atoms with Gasteiger partial charge in [0.15, 0.2) is 10.8 Å². The van der Waals surface area contributed by atoms with Crippen LogP contribution in [-0.4, -0.2) is 99.3 Å². The van der Waals surface area contributed by atoms with Gasteiger partial charge in [-0.05, 0) is 6.26 Å². The van der Waals surface area contributed by atoms with Gasteiger partial charge in [0.1, 0.15) is 30.8 Å². The van der Waals surface area contributed by atoms with Gasteiger partial charge in [-0.1, -0.05) is 5.16 Å². The van der Waals surface area contributed by atoms with Gasteiger partial charge in [0, 0.05) is 40.7 Å². The number of nitrogens with one attached hydrogen (secondary N) is 1. The number of carbonyl (C=O) groups excluding carboxylic acids is 3. The standard InChI is InChI=1S/C22H28N6O5S3/c1-33-26-14(13-11-36-21(23)24-13)17(29)25-15-18(30)27-16(20(31)32)12(10-35-19(15)27)9-28-6-3-22(34-2,4-7-28)5-8-28/h11,15,19H,3-10H2,1-2H3,(H3-,23,24,25,29,31,32)/b26-14-/t15-,19-,22?,28?/m1/s1. The molecule has 194 valence electrons. The molecule has 2 atom stereocenters. The molecule has 1 aromatic heterocycles. The highest BCUT2D eigenvalue weighted by Crippen LogP contribution is 2.47. The number of piperidine rings is 3. The number of fused-ring (bicyclic) bond motifs is 4. The molecule has 2 bridgehead atoms. The molecule has 0 spiro atoms. The average molecular weight is 553 g/mol. The summed E-state index contributed by atoms with van der Waals surface area (Å²) >= 11 is 4.56. The highest BCUT2D eigenvalue weighted by atomic mass is 32.2. The molecule has 0 aromatic carbocycles. The second-order valence-electron chi connectivity index (χ2n) is 9.60. The van der Waals surface area contributed by atoms with Crippen LogP contribution in [0.15, 0.2) is 21.8 Å². The number of nitrogens with two attached hydrogens (primary N) is 1. The van der Waals surface area contributed by atoms with Crippen molar-refractivity contribution in [2.24, 2.45) is 5.16 Å². The summed E-state index contributed by atoms with van der Waals surface area (Å²) in [6, 6.07) is -0.893. The number of hydrogen-bond acceptors (Lipinski definition) is 11. The van der Waals surface area contributed by atoms with Gasteiger partial charge in [0.25, 0.3) is 11.8 Å². The minimum Gasteiger partial charge on any atom is -0.543 e. The number of carboxylic acids is 1. The molecule has 14 heteroatoms. The number of carbonyl (C=O) groups is 3. The summed E-state index contributed by atoms with van der Waals surface area (Å²) in [4.78, 5) is 48.4. The number of hydrogen-bond donors (Lipinski definition) is 2. The van der Waals surface area contributed by atoms with Crippen LogP contribution in [0.5, 0.6) is 0 Å². The first-order valence-corrected chi connectivity index (χ1v) is 14.8. The lowest BCUT2D eigenvalue weighted by molar-refractivity contribution is -0.937. The Kier molecular flexibility index (Phi) is 6.72. The van der Waals surface area contributed by atoms with Crippen LogP contribution in [-0.2, 0) is 19.2 Å². The fourth-order valence-electron chi connectivity index (χ4n) is 5.68. The summed E-state index contributed by atoms with van der Waals surface area (Å²) in [6.07, 6.45) is 5.57. The first-order chi connectivity index (χ1) is 17.2. The Hall–Kier alpha value is -2.29. The number of thiazole rings is 1. The predicted molar refractivity (Wildman–Crippen MR) is 137 cm³/mol. The summed E-state index contributed by atoms with van der Waals surface area (Å²) in [6.45, 7) is 3.68. The quantitative estimate of drug-likeness (QED) is 0.190. The van der Waals surface area contributed by atoms with Crippen LogP contribution < -0.4 is 16.2 Å². The number of nitrogens with zero attached hydrogens (tertiary/aromatic N) is 4. The van der Waals surface area contributed by atoms with Crippen molar-refractivity contribution in [3.8, 4) is 0 Å². The van der Waals surface area contributed by atoms with Gasteiger partial charge >= 0.3 is 0 Å². The van der Waals surface area contributed by atoms with Gasteiger partial charge in [-0.15, -0.1) is 23.1 Å². The number of nitrogen functional groups attached to an aromatic ring is 1. The van der Waals surface area contributed by atoms with Crippen molar-refractivity contribution in [3.63, 3.8) is 0 Å². The van der Waals surface area contributed by atoms with E-state index in [2.05, 4.69) is 21.7 Å². The highest BCUT2D eigenvalue weighted by molar-refractivity contribution is 8.00. The van der Waals surface area contributed by atoms with Crippen molar-refractivity contribution >= 4 is 63.5 Å². The average Bonchev–Trinajstić information content (AvgIpc) is 3.31. The monoisotopic (exact) mass is 552 g/mol. The van der Waals surface area contributed by atoms with Gasteiger partial charge in [0.05, 0.1) is 31.3 Å². The second kappa shape index (κ2) is 9.54. The van der Waals surface area contributed by atoms with Gasteiger partial charge < -0.3 is 30.3 Å². The van der Waals surface area contributed by atoms with E-state index in [4.69, 9.17) is 10.6 Å². The van der Waals surface area contributed by atoms with Crippen molar-refractivity contribution < 1.29 is 28.8 Å². The molecule has 36 heavy (non-hydrogen) atoms. The molecule has 5 aliphatic rings. The largest absolute Gasteiger partial charge is 0.543 e. The summed E-state index contributed by atoms with van der Waals surface area (Å²) in [7, 11) is 1.30. The number of β-lactam (4-membered cyclic amide) rings is 1. The van der Waals surface area contributed by atoms with E-state index in [0.717, 1.165) is 60.3 Å². The Bertz CT molecular complexity index is 1140. The smallest absolute Gasteiger partial charge is 0.276 e. The molecule has 0 unspecified atom stereocenters. The molecule has 0 saturated carbocycles. The third-order valence-corrected chi connectivity index (χ3v) is 11.3. The van der Waals surface area contributed by atoms with E-state index < -0.39 is 29.2 Å². The van der Waals surface area contributed by atoms with E-state index >= 15 is 0 Å². The summed E-state index contributed by atoms with van der Waals surface area (Å²) in [5.74, 6) is -2.01. The maximum absolute atomic E-state index is 13.1. The van der Waals surface area contributed by atoms with Crippen LogP contribution in [0.3, 0.4) is 0 Å². The van der Waals surface area contributed by atoms with Crippen molar-refractivity contribution in [3.05, 3.63) is 22.3 Å². The molecular formula is C22H28N6O5S3. The molecule has 6 heterocycles. The van der Waals surface area contributed by atoms with Crippen LogP contribution in [0.25, 0.3) is 0 Å². The molecule has 1 aromatic rings. The minimum atomic E-state index is -1.35. The maximum Gasteiger partial charge on any atom is 0.276 e. The number of carboxylic acid groups (broad SMARTS) is 1. The number of aromatic nitrogens is 1. The molecular weight excluding hydrogens is 524 g/mol. The Morgan fingerprint density at radius 1 is 1.39 bits per heavy atom. The lowest BCUT2D eigenvalue weighted by Crippen LogP contribution is -2.72. The SMILES string of the molecule is CO/N=C(\C(=O)N[C@@H]1C(=O)N2C(C(=O)[O-])=C(C[N+]34CCC(SC)(CC3)CC4)CS[C@H]12)c1csc(N)n1. The van der Waals surface area contributed by atoms with Gasteiger partial charge in [0.2, 0.25) is 0 Å². The number of anilines is 1. The number of rotatable bonds is 8. The Balaban J connectivity index is 1.32. The van der Waals surface area contributed by atoms with E-state index in [0.29, 0.717) is 17.0 Å². The molecule has 4 fully saturated rings. The van der Waals surface area contributed by atoms with Crippen LogP contribution in [0.4, 0.5) is 5.13 Å². The first-order valence-electron chi connectivity index (χ1n) is 11.6. The highest BCUT2D eigenvalue weighted by Gasteiger charge is 2.55. The Labute approximate surface area is 221 Å². The molecule has 2 amide bonds. The molecule has 3 N–H and O–H groups in total. The Morgan fingerprint density at radius 3 is 2.64 bits per heavy atom. The van der Waals surface area contributed by atoms with Gasteiger partial charge in [-0.2, -0.15) is 11.8 Å². The van der Waals surface area contributed by atoms with E-state index in [1.165, 1.54) is 23.8 Å². The minimum absolute atomic E-state index is 0.0351. The van der Waals surface area contributed by atoms with Crippen molar-refractivity contribution in [2.75, 3.05) is 51.0 Å². The lowest BCUT2D eigenvalue weighted by Gasteiger charge is -2.56. The zero-order valence-electron chi connectivity index (χ0n) is 20.0. The van der Waals surface area contributed by atoms with E-state index in [1.807, 2.05) is 11.8 Å². The van der Waals surface area contributed by atoms with E-state index in [-0.39, 0.29) is 22.2 Å². The second-order valence-corrected chi connectivity index (χ2v) is 12.9. The van der Waals surface area contributed by atoms with Crippen LogP contribution in [0.1, 0.15) is 25.0 Å². The zero-order valence-corrected chi connectivity index (χ0v) is 22.5. The predicted octanol–water partition coefficient (Wildman–Crippen LogP) is -0.404. The molecule has 6 rings (SSSR count). The summed E-state index contributed by atoms with van der Waals surface area (Å²) in [5, 5.41) is 19.9. The maximum atomic E-state index is 13.1. The van der Waals surface area contributed by atoms with Gasteiger partial charge in [-0.3, -0.25) is 14.5 Å². The number of quaternary nitrogens is 1. The summed E-state index contributed by atoms with van der Waals surface area (Å²) in [5.41, 5.74) is 6.50. The molecule has 4 saturated heterocycles. The molecule has 11 nitrogen and oxygen atoms in total. The van der Waals surface area contributed by atoms with Crippen molar-refractivity contribution in [1.82, 2.24) is 15.2 Å². The van der Waals surface area contributed by atoms with E-state index in [9.17, 15) is 19.5 Å². The first kappa shape index (κ1) is 25.4. The number of aliphatic carboxylic acids is 1.